The van der Waals surface area contributed by atoms with Crippen molar-refractivity contribution in [3.8, 4) is 0 Å². The summed E-state index contributed by atoms with van der Waals surface area (Å²) < 4.78 is 1.90. The van der Waals surface area contributed by atoms with Gasteiger partial charge in [0.25, 0.3) is 0 Å². The minimum absolute atomic E-state index is 0.556. The first-order chi connectivity index (χ1) is 17.5. The van der Waals surface area contributed by atoms with Crippen molar-refractivity contribution in [1.82, 2.24) is 0 Å². The van der Waals surface area contributed by atoms with Crippen LogP contribution >= 0.6 is 0 Å². The third-order valence-corrected chi connectivity index (χ3v) is 4.63. The van der Waals surface area contributed by atoms with Gasteiger partial charge in [0.15, 0.2) is 19.1 Å². The summed E-state index contributed by atoms with van der Waals surface area (Å²) in [5.41, 5.74) is 11.4. The third kappa shape index (κ3) is 30.1. The SMILES string of the molecule is CC.CC.CC.CC.CCC.CCC(C)=C(C)C.NC[n+]1ccccc1.c1ccc2c(c1)CCCC2. The van der Waals surface area contributed by atoms with Gasteiger partial charge in [-0.2, -0.15) is 4.57 Å². The number of hydrogen-bond donors (Lipinski definition) is 1. The van der Waals surface area contributed by atoms with E-state index in [4.69, 9.17) is 5.73 Å². The zero-order chi connectivity index (χ0) is 29.2. The smallest absolute Gasteiger partial charge is 0.199 e. The van der Waals surface area contributed by atoms with Crippen molar-refractivity contribution in [2.24, 2.45) is 5.73 Å². The van der Waals surface area contributed by atoms with E-state index in [2.05, 4.69) is 65.8 Å². The Kier molecular flexibility index (Phi) is 49.3. The average Bonchev–Trinajstić information content (AvgIpc) is 2.98. The molecule has 2 N–H and O–H groups in total. The second-order valence-electron chi connectivity index (χ2n) is 7.39. The summed E-state index contributed by atoms with van der Waals surface area (Å²) in [5.74, 6) is 0. The monoisotopic (exact) mass is 504 g/mol. The molecule has 0 unspecified atom stereocenters. The second-order valence-corrected chi connectivity index (χ2v) is 7.39. The van der Waals surface area contributed by atoms with Gasteiger partial charge < -0.3 is 0 Å². The molecule has 2 nitrogen and oxygen atoms in total. The van der Waals surface area contributed by atoms with Crippen LogP contribution in [-0.2, 0) is 19.5 Å². The highest BCUT2D eigenvalue weighted by Crippen LogP contribution is 2.19. The minimum Gasteiger partial charge on any atom is -0.275 e. The first kappa shape index (κ1) is 44.1. The molecule has 0 aliphatic heterocycles. The summed E-state index contributed by atoms with van der Waals surface area (Å²) in [6.07, 6.45) is 11.7. The Morgan fingerprint density at radius 3 is 1.25 bits per heavy atom. The molecule has 1 aliphatic rings. The number of pyridine rings is 1. The van der Waals surface area contributed by atoms with E-state index in [-0.39, 0.29) is 0 Å². The molecule has 1 aromatic heterocycles. The lowest BCUT2D eigenvalue weighted by atomic mass is 9.92. The van der Waals surface area contributed by atoms with E-state index in [1.807, 2.05) is 90.5 Å². The van der Waals surface area contributed by atoms with Gasteiger partial charge in [-0.05, 0) is 64.0 Å². The maximum atomic E-state index is 5.31. The molecule has 2 aromatic rings. The molecule has 0 saturated carbocycles. The summed E-state index contributed by atoms with van der Waals surface area (Å²) in [6, 6.07) is 14.7. The lowest BCUT2D eigenvalue weighted by Gasteiger charge is -2.13. The van der Waals surface area contributed by atoms with Gasteiger partial charge in [-0.3, -0.25) is 5.73 Å². The van der Waals surface area contributed by atoms with Crippen molar-refractivity contribution in [3.05, 3.63) is 77.1 Å². The highest BCUT2D eigenvalue weighted by molar-refractivity contribution is 5.28. The molecular formula is C34H67N2+. The van der Waals surface area contributed by atoms with E-state index < -0.39 is 0 Å². The molecule has 0 amide bonds. The van der Waals surface area contributed by atoms with Crippen molar-refractivity contribution >= 4 is 0 Å². The van der Waals surface area contributed by atoms with Crippen LogP contribution in [0.1, 0.15) is 134 Å². The van der Waals surface area contributed by atoms with Crippen LogP contribution in [0, 0.1) is 0 Å². The van der Waals surface area contributed by atoms with Crippen LogP contribution in [-0.4, -0.2) is 0 Å². The van der Waals surface area contributed by atoms with Gasteiger partial charge in [-0.15, -0.1) is 0 Å². The highest BCUT2D eigenvalue weighted by Gasteiger charge is 2.06. The maximum Gasteiger partial charge on any atom is 0.199 e. The molecule has 1 aromatic carbocycles. The van der Waals surface area contributed by atoms with Crippen molar-refractivity contribution in [2.45, 2.75) is 142 Å². The number of aromatic nitrogens is 1. The van der Waals surface area contributed by atoms with Gasteiger partial charge in [-0.1, -0.05) is 124 Å². The summed E-state index contributed by atoms with van der Waals surface area (Å²) in [7, 11) is 0. The van der Waals surface area contributed by atoms with Gasteiger partial charge in [0.05, 0.1) is 0 Å². The van der Waals surface area contributed by atoms with E-state index in [1.54, 1.807) is 11.1 Å². The van der Waals surface area contributed by atoms with Crippen LogP contribution in [0.25, 0.3) is 0 Å². The molecular weight excluding hydrogens is 436 g/mol. The van der Waals surface area contributed by atoms with Crippen LogP contribution in [0.3, 0.4) is 0 Å². The minimum atomic E-state index is 0.556. The number of allylic oxidation sites excluding steroid dienone is 2. The zero-order valence-corrected chi connectivity index (χ0v) is 27.2. The maximum absolute atomic E-state index is 5.31. The average molecular weight is 504 g/mol. The topological polar surface area (TPSA) is 29.9 Å². The summed E-state index contributed by atoms with van der Waals surface area (Å²) in [5, 5.41) is 0. The third-order valence-electron chi connectivity index (χ3n) is 4.63. The number of benzene rings is 1. The van der Waals surface area contributed by atoms with E-state index in [0.717, 1.165) is 0 Å². The first-order valence-electron chi connectivity index (χ1n) is 14.8. The summed E-state index contributed by atoms with van der Waals surface area (Å²) in [6.45, 7) is 29.5. The number of rotatable bonds is 2. The second kappa shape index (κ2) is 40.2. The first-order valence-corrected chi connectivity index (χ1v) is 14.8. The van der Waals surface area contributed by atoms with E-state index in [0.29, 0.717) is 6.67 Å². The Morgan fingerprint density at radius 1 is 0.667 bits per heavy atom. The fourth-order valence-electron chi connectivity index (χ4n) is 2.59. The summed E-state index contributed by atoms with van der Waals surface area (Å²) >= 11 is 0. The zero-order valence-electron chi connectivity index (χ0n) is 27.2. The van der Waals surface area contributed by atoms with Crippen LogP contribution < -0.4 is 10.3 Å². The van der Waals surface area contributed by atoms with Crippen LogP contribution in [0.4, 0.5) is 0 Å². The highest BCUT2D eigenvalue weighted by atomic mass is 15.0. The lowest BCUT2D eigenvalue weighted by molar-refractivity contribution is -0.696. The normalized spacial score (nSPS) is 9.42. The lowest BCUT2D eigenvalue weighted by Crippen LogP contribution is -2.36. The molecule has 2 heteroatoms. The fourth-order valence-corrected chi connectivity index (χ4v) is 2.59. The Labute approximate surface area is 229 Å². The Hall–Kier alpha value is -1.93. The molecule has 0 bridgehead atoms. The molecule has 36 heavy (non-hydrogen) atoms. The van der Waals surface area contributed by atoms with Crippen LogP contribution in [0.2, 0.25) is 0 Å². The molecule has 1 aliphatic carbocycles. The van der Waals surface area contributed by atoms with Crippen molar-refractivity contribution in [3.63, 3.8) is 0 Å². The molecule has 212 valence electrons. The fraction of sp³-hybridized carbons (Fsp3) is 0.618. The van der Waals surface area contributed by atoms with Crippen molar-refractivity contribution < 1.29 is 4.57 Å². The standard InChI is InChI=1S/C10H12.C7H14.C6H9N2.C3H8.4C2H6/c1-2-6-10-8-4-3-7-9(10)5-1;1-5-7(4)6(2)3;7-6-8-4-2-1-3-5-8;1-3-2;4*1-2/h1-2,5-6H,3-4,7-8H2;5H2,1-4H3;1-5H,6-7H2;3H2,1-2H3;4*1-2H3/q;;+1;;;;;. The molecule has 0 fully saturated rings. The van der Waals surface area contributed by atoms with Gasteiger partial charge in [0.1, 0.15) is 0 Å². The molecule has 0 atom stereocenters. The quantitative estimate of drug-likeness (QED) is 0.320. The van der Waals surface area contributed by atoms with Gasteiger partial charge in [0.2, 0.25) is 0 Å². The largest absolute Gasteiger partial charge is 0.275 e. The Morgan fingerprint density at radius 2 is 1.03 bits per heavy atom. The van der Waals surface area contributed by atoms with Gasteiger partial charge in [0, 0.05) is 12.1 Å². The number of nitrogens with zero attached hydrogens (tertiary/aromatic N) is 1. The van der Waals surface area contributed by atoms with Crippen LogP contribution in [0.5, 0.6) is 0 Å². The van der Waals surface area contributed by atoms with Gasteiger partial charge in [-0.25, -0.2) is 0 Å². The number of fused-ring (bicyclic) bond motifs is 1. The number of nitrogens with two attached hydrogens (primary N) is 1. The predicted molar refractivity (Wildman–Crippen MR) is 170 cm³/mol. The van der Waals surface area contributed by atoms with Crippen molar-refractivity contribution in [1.29, 1.82) is 0 Å². The molecule has 0 saturated heterocycles. The Bertz CT molecular complexity index is 616. The summed E-state index contributed by atoms with van der Waals surface area (Å²) in [4.78, 5) is 0. The molecule has 0 spiro atoms. The number of hydrogen-bond acceptors (Lipinski definition) is 1. The Balaban J connectivity index is -0.000000113. The number of aryl methyl sites for hydroxylation is 2. The van der Waals surface area contributed by atoms with Crippen LogP contribution in [0.15, 0.2) is 66.0 Å². The van der Waals surface area contributed by atoms with E-state index in [1.165, 1.54) is 49.7 Å². The molecule has 1 heterocycles. The van der Waals surface area contributed by atoms with E-state index >= 15 is 0 Å². The predicted octanol–water partition coefficient (Wildman–Crippen LogP) is 10.7. The molecule has 0 radical (unpaired) electrons. The van der Waals surface area contributed by atoms with Gasteiger partial charge >= 0.3 is 0 Å². The molecule has 3 rings (SSSR count). The van der Waals surface area contributed by atoms with E-state index in [9.17, 15) is 0 Å². The van der Waals surface area contributed by atoms with Crippen molar-refractivity contribution in [2.75, 3.05) is 0 Å².